The second kappa shape index (κ2) is 4.50. The molecule has 1 saturated heterocycles. The average Bonchev–Trinajstić information content (AvgIpc) is 2.77. The predicted octanol–water partition coefficient (Wildman–Crippen LogP) is 0.926. The zero-order valence-electron chi connectivity index (χ0n) is 9.10. The number of hydrogen-bond donors (Lipinski definition) is 1. The van der Waals surface area contributed by atoms with Gasteiger partial charge in [-0.25, -0.2) is 0 Å². The maximum absolute atomic E-state index is 12.0. The Balaban J connectivity index is 2.36. The molecule has 0 aromatic carbocycles. The van der Waals surface area contributed by atoms with Crippen LogP contribution < -0.4 is 5.32 Å². The Morgan fingerprint density at radius 2 is 2.29 bits per heavy atom. The molecule has 1 fully saturated rings. The van der Waals surface area contributed by atoms with E-state index in [4.69, 9.17) is 16.6 Å². The molecule has 2 amide bonds. The van der Waals surface area contributed by atoms with Gasteiger partial charge >= 0.3 is 0 Å². The summed E-state index contributed by atoms with van der Waals surface area (Å²) in [5.41, 5.74) is 0.717. The van der Waals surface area contributed by atoms with Crippen molar-refractivity contribution in [2.45, 2.75) is 6.92 Å². The van der Waals surface area contributed by atoms with Gasteiger partial charge in [0.25, 0.3) is 11.8 Å². The van der Waals surface area contributed by atoms with Gasteiger partial charge in [-0.05, 0) is 31.3 Å². The largest absolute Gasteiger partial charge is 0.472 e. The molecule has 1 aliphatic heterocycles. The first-order valence-corrected chi connectivity index (χ1v) is 5.45. The molecule has 0 bridgehead atoms. The zero-order chi connectivity index (χ0) is 12.4. The zero-order valence-corrected chi connectivity index (χ0v) is 9.91. The van der Waals surface area contributed by atoms with E-state index < -0.39 is 5.91 Å². The molecule has 0 aliphatic carbocycles. The fourth-order valence-electron chi connectivity index (χ4n) is 1.50. The van der Waals surface area contributed by atoms with E-state index in [9.17, 15) is 9.59 Å². The summed E-state index contributed by atoms with van der Waals surface area (Å²) in [6.45, 7) is 2.21. The molecule has 1 aromatic heterocycles. The number of carbonyl (C=O) groups is 2. The molecule has 0 spiro atoms. The van der Waals surface area contributed by atoms with Crippen LogP contribution >= 0.6 is 12.2 Å². The molecular formula is C11H10N2O3S. The maximum Gasteiger partial charge on any atom is 0.265 e. The standard InChI is InChI=1S/C11H10N2O3S/c1-2-13-10(15)8(9(14)12-11(13)17)5-7-3-4-16-6-7/h3-6H,2H2,1H3,(H,12,14,17)/b8-5-. The molecule has 1 N–H and O–H groups in total. The highest BCUT2D eigenvalue weighted by atomic mass is 32.1. The minimum atomic E-state index is -0.481. The van der Waals surface area contributed by atoms with Crippen molar-refractivity contribution in [1.29, 1.82) is 0 Å². The molecule has 2 rings (SSSR count). The quantitative estimate of drug-likeness (QED) is 0.482. The number of rotatable bonds is 2. The maximum atomic E-state index is 12.0. The Hall–Kier alpha value is -1.95. The highest BCUT2D eigenvalue weighted by Gasteiger charge is 2.32. The summed E-state index contributed by atoms with van der Waals surface area (Å²) in [4.78, 5) is 25.0. The normalized spacial score (nSPS) is 18.8. The molecule has 17 heavy (non-hydrogen) atoms. The second-order valence-corrected chi connectivity index (χ2v) is 3.81. The molecule has 6 heteroatoms. The van der Waals surface area contributed by atoms with Gasteiger partial charge in [0.05, 0.1) is 12.5 Å². The lowest BCUT2D eigenvalue weighted by Crippen LogP contribution is -2.53. The van der Waals surface area contributed by atoms with E-state index in [0.717, 1.165) is 0 Å². The van der Waals surface area contributed by atoms with Crippen LogP contribution in [0.25, 0.3) is 6.08 Å². The monoisotopic (exact) mass is 250 g/mol. The summed E-state index contributed by atoms with van der Waals surface area (Å²) in [6, 6.07) is 1.66. The Labute approximate surface area is 103 Å². The van der Waals surface area contributed by atoms with Crippen molar-refractivity contribution in [2.75, 3.05) is 6.54 Å². The average molecular weight is 250 g/mol. The molecule has 0 atom stereocenters. The number of furan rings is 1. The Morgan fingerprint density at radius 1 is 1.53 bits per heavy atom. The molecule has 5 nitrogen and oxygen atoms in total. The van der Waals surface area contributed by atoms with Crippen LogP contribution in [-0.2, 0) is 9.59 Å². The van der Waals surface area contributed by atoms with Gasteiger partial charge in [-0.2, -0.15) is 0 Å². The molecule has 88 valence electrons. The fourth-order valence-corrected chi connectivity index (χ4v) is 1.81. The number of amides is 2. The lowest BCUT2D eigenvalue weighted by Gasteiger charge is -2.27. The van der Waals surface area contributed by atoms with Gasteiger partial charge in [-0.15, -0.1) is 0 Å². The summed E-state index contributed by atoms with van der Waals surface area (Å²) < 4.78 is 4.87. The molecule has 0 unspecified atom stereocenters. The summed E-state index contributed by atoms with van der Waals surface area (Å²) >= 11 is 4.91. The number of carbonyl (C=O) groups excluding carboxylic acids is 2. The van der Waals surface area contributed by atoms with Gasteiger partial charge in [0, 0.05) is 12.1 Å². The van der Waals surface area contributed by atoms with Gasteiger partial charge < -0.3 is 4.42 Å². The first-order valence-electron chi connectivity index (χ1n) is 5.04. The van der Waals surface area contributed by atoms with Crippen molar-refractivity contribution < 1.29 is 14.0 Å². The van der Waals surface area contributed by atoms with Crippen molar-refractivity contribution in [2.24, 2.45) is 0 Å². The Bertz CT molecular complexity index is 505. The van der Waals surface area contributed by atoms with E-state index >= 15 is 0 Å². The van der Waals surface area contributed by atoms with E-state index in [-0.39, 0.29) is 16.6 Å². The minimum Gasteiger partial charge on any atom is -0.472 e. The lowest BCUT2D eigenvalue weighted by atomic mass is 10.1. The van der Waals surface area contributed by atoms with Gasteiger partial charge in [0.2, 0.25) is 0 Å². The summed E-state index contributed by atoms with van der Waals surface area (Å²) in [6.07, 6.45) is 4.40. The van der Waals surface area contributed by atoms with Crippen molar-refractivity contribution in [3.8, 4) is 0 Å². The van der Waals surface area contributed by atoms with Crippen LogP contribution in [0.3, 0.4) is 0 Å². The van der Waals surface area contributed by atoms with E-state index in [1.54, 1.807) is 13.0 Å². The first-order chi connectivity index (χ1) is 8.13. The van der Waals surface area contributed by atoms with Gasteiger partial charge in [0.1, 0.15) is 5.57 Å². The third kappa shape index (κ3) is 2.12. The summed E-state index contributed by atoms with van der Waals surface area (Å²) in [5.74, 6) is -0.867. The minimum absolute atomic E-state index is 0.0573. The topological polar surface area (TPSA) is 62.6 Å². The molecule has 1 aromatic rings. The highest BCUT2D eigenvalue weighted by molar-refractivity contribution is 7.80. The van der Waals surface area contributed by atoms with Crippen LogP contribution in [0.15, 0.2) is 28.6 Å². The van der Waals surface area contributed by atoms with Crippen LogP contribution in [0.5, 0.6) is 0 Å². The number of hydrogen-bond acceptors (Lipinski definition) is 4. The van der Waals surface area contributed by atoms with Crippen molar-refractivity contribution >= 4 is 35.2 Å². The Kier molecular flexibility index (Phi) is 3.06. The third-order valence-corrected chi connectivity index (χ3v) is 2.68. The number of nitrogens with zero attached hydrogens (tertiary/aromatic N) is 1. The SMILES string of the molecule is CCN1C(=O)/C(=C\c2ccoc2)C(=O)NC1=S. The van der Waals surface area contributed by atoms with Gasteiger partial charge in [-0.1, -0.05) is 0 Å². The Morgan fingerprint density at radius 3 is 2.88 bits per heavy atom. The van der Waals surface area contributed by atoms with Gasteiger partial charge in [0.15, 0.2) is 5.11 Å². The van der Waals surface area contributed by atoms with Gasteiger partial charge in [-0.3, -0.25) is 19.8 Å². The number of thiocarbonyl (C=S) groups is 1. The van der Waals surface area contributed by atoms with Crippen LogP contribution in [0.1, 0.15) is 12.5 Å². The smallest absolute Gasteiger partial charge is 0.265 e. The van der Waals surface area contributed by atoms with E-state index in [1.165, 1.54) is 23.5 Å². The highest BCUT2D eigenvalue weighted by Crippen LogP contribution is 2.14. The molecule has 1 aliphatic rings. The second-order valence-electron chi connectivity index (χ2n) is 3.42. The van der Waals surface area contributed by atoms with E-state index in [1.807, 2.05) is 0 Å². The first kappa shape index (κ1) is 11.5. The van der Waals surface area contributed by atoms with Crippen LogP contribution in [-0.4, -0.2) is 28.4 Å². The van der Waals surface area contributed by atoms with Crippen LogP contribution in [0.2, 0.25) is 0 Å². The van der Waals surface area contributed by atoms with E-state index in [2.05, 4.69) is 5.32 Å². The fraction of sp³-hybridized carbons (Fsp3) is 0.182. The van der Waals surface area contributed by atoms with Crippen LogP contribution in [0.4, 0.5) is 0 Å². The third-order valence-electron chi connectivity index (χ3n) is 2.36. The number of nitrogens with one attached hydrogen (secondary N) is 1. The predicted molar refractivity (Wildman–Crippen MR) is 64.8 cm³/mol. The lowest BCUT2D eigenvalue weighted by molar-refractivity contribution is -0.128. The molecular weight excluding hydrogens is 240 g/mol. The van der Waals surface area contributed by atoms with E-state index in [0.29, 0.717) is 12.1 Å². The number of likely N-dealkylation sites (N-methyl/N-ethyl adjacent to an activating group) is 1. The van der Waals surface area contributed by atoms with Crippen molar-refractivity contribution in [3.05, 3.63) is 29.7 Å². The van der Waals surface area contributed by atoms with Crippen molar-refractivity contribution in [1.82, 2.24) is 10.2 Å². The molecule has 2 heterocycles. The summed E-state index contributed by atoms with van der Waals surface area (Å²) in [5, 5.41) is 2.62. The summed E-state index contributed by atoms with van der Waals surface area (Å²) in [7, 11) is 0. The van der Waals surface area contributed by atoms with Crippen molar-refractivity contribution in [3.63, 3.8) is 0 Å². The molecule has 0 radical (unpaired) electrons. The van der Waals surface area contributed by atoms with Crippen LogP contribution in [0, 0.1) is 0 Å². The molecule has 0 saturated carbocycles.